The number of hydrogen-bond donors (Lipinski definition) is 1. The van der Waals surface area contributed by atoms with Crippen LogP contribution in [-0.4, -0.2) is 42.9 Å². The van der Waals surface area contributed by atoms with Gasteiger partial charge in [0.2, 0.25) is 0 Å². The molecule has 0 saturated carbocycles. The Morgan fingerprint density at radius 3 is 2.50 bits per heavy atom. The highest BCUT2D eigenvalue weighted by Gasteiger charge is 2.30. The van der Waals surface area contributed by atoms with Crippen molar-refractivity contribution in [1.82, 2.24) is 4.90 Å². The van der Waals surface area contributed by atoms with Crippen molar-refractivity contribution in [2.45, 2.75) is 13.0 Å². The summed E-state index contributed by atoms with van der Waals surface area (Å²) in [6, 6.07) is 18.9. The predicted molar refractivity (Wildman–Crippen MR) is 133 cm³/mol. The maximum Gasteiger partial charge on any atom is 0.150 e. The lowest BCUT2D eigenvalue weighted by Crippen LogP contribution is -2.49. The van der Waals surface area contributed by atoms with E-state index in [1.54, 1.807) is 18.2 Å². The van der Waals surface area contributed by atoms with Gasteiger partial charge in [-0.1, -0.05) is 24.3 Å². The third-order valence-corrected chi connectivity index (χ3v) is 6.80. The minimum Gasteiger partial charge on any atom is -0.507 e. The molecule has 0 aromatic heterocycles. The lowest BCUT2D eigenvalue weighted by Gasteiger charge is -2.37. The van der Waals surface area contributed by atoms with Crippen LogP contribution in [0.2, 0.25) is 0 Å². The van der Waals surface area contributed by atoms with Crippen LogP contribution in [0.15, 0.2) is 60.7 Å². The van der Waals surface area contributed by atoms with E-state index in [-0.39, 0.29) is 29.7 Å². The quantitative estimate of drug-likeness (QED) is 0.459. The van der Waals surface area contributed by atoms with Crippen molar-refractivity contribution in [3.05, 3.63) is 88.7 Å². The largest absolute Gasteiger partial charge is 0.507 e. The number of nitriles is 1. The predicted octanol–water partition coefficient (Wildman–Crippen LogP) is 5.75. The molecule has 1 saturated heterocycles. The standard InChI is InChI=1S/C29H26F2N2O3/c1-18-25-13-26(34)22(15-32)12-27(25)36-29(28(18)20-2-6-23(31)7-3-20)21-4-8-24(9-5-21)35-11-10-33-16-19(14-30)17-33/h2-9,12-13,19,29,34H,10-11,14,16-17H2,1H3/t29-/m0/s1. The number of nitrogens with zero attached hydrogens (tertiary/aromatic N) is 2. The number of likely N-dealkylation sites (tertiary alicyclic amines) is 1. The zero-order valence-electron chi connectivity index (χ0n) is 19.9. The lowest BCUT2D eigenvalue weighted by atomic mass is 9.85. The number of fused-ring (bicyclic) bond motifs is 1. The van der Waals surface area contributed by atoms with E-state index in [9.17, 15) is 19.1 Å². The van der Waals surface area contributed by atoms with Crippen molar-refractivity contribution < 1.29 is 23.4 Å². The highest BCUT2D eigenvalue weighted by atomic mass is 19.1. The Morgan fingerprint density at radius 2 is 1.83 bits per heavy atom. The van der Waals surface area contributed by atoms with Crippen molar-refractivity contribution >= 4 is 11.1 Å². The average molecular weight is 489 g/mol. The minimum absolute atomic E-state index is 0.115. The van der Waals surface area contributed by atoms with Crippen LogP contribution in [0.1, 0.15) is 35.3 Å². The fourth-order valence-electron chi connectivity index (χ4n) is 4.80. The Bertz CT molecular complexity index is 1320. The van der Waals surface area contributed by atoms with E-state index < -0.39 is 6.10 Å². The summed E-state index contributed by atoms with van der Waals surface area (Å²) in [7, 11) is 0. The number of allylic oxidation sites excluding steroid dienone is 1. The highest BCUT2D eigenvalue weighted by molar-refractivity contribution is 5.96. The Balaban J connectivity index is 1.41. The van der Waals surface area contributed by atoms with Gasteiger partial charge in [-0.05, 0) is 54.0 Å². The van der Waals surface area contributed by atoms with E-state index in [0.29, 0.717) is 17.9 Å². The third kappa shape index (κ3) is 4.65. The zero-order chi connectivity index (χ0) is 25.2. The van der Waals surface area contributed by atoms with Crippen molar-refractivity contribution in [2.24, 2.45) is 5.92 Å². The summed E-state index contributed by atoms with van der Waals surface area (Å²) < 4.78 is 38.5. The molecule has 0 spiro atoms. The van der Waals surface area contributed by atoms with Crippen LogP contribution in [0.5, 0.6) is 17.2 Å². The second kappa shape index (κ2) is 10.00. The number of benzene rings is 3. The van der Waals surface area contributed by atoms with Gasteiger partial charge >= 0.3 is 0 Å². The average Bonchev–Trinajstić information content (AvgIpc) is 2.86. The maximum atomic E-state index is 13.7. The molecule has 184 valence electrons. The summed E-state index contributed by atoms with van der Waals surface area (Å²) in [4.78, 5) is 2.17. The molecular formula is C29H26F2N2O3. The summed E-state index contributed by atoms with van der Waals surface area (Å²) in [5.41, 5.74) is 4.20. The summed E-state index contributed by atoms with van der Waals surface area (Å²) in [6.07, 6.45) is -0.508. The number of hydrogen-bond acceptors (Lipinski definition) is 5. The molecule has 0 aliphatic carbocycles. The number of phenols is 1. The van der Waals surface area contributed by atoms with Crippen LogP contribution in [0.3, 0.4) is 0 Å². The molecule has 7 heteroatoms. The first-order valence-electron chi connectivity index (χ1n) is 11.9. The van der Waals surface area contributed by atoms with Gasteiger partial charge in [-0.2, -0.15) is 5.26 Å². The molecule has 0 bridgehead atoms. The van der Waals surface area contributed by atoms with Gasteiger partial charge < -0.3 is 14.6 Å². The van der Waals surface area contributed by atoms with Crippen LogP contribution < -0.4 is 9.47 Å². The molecule has 3 aromatic rings. The van der Waals surface area contributed by atoms with Gasteiger partial charge in [0.25, 0.3) is 0 Å². The van der Waals surface area contributed by atoms with Crippen LogP contribution in [0.25, 0.3) is 11.1 Å². The smallest absolute Gasteiger partial charge is 0.150 e. The van der Waals surface area contributed by atoms with Crippen molar-refractivity contribution in [3.8, 4) is 23.3 Å². The van der Waals surface area contributed by atoms with Crippen LogP contribution in [0.4, 0.5) is 8.78 Å². The number of phenolic OH excluding ortho intramolecular Hbond substituents is 1. The van der Waals surface area contributed by atoms with Gasteiger partial charge in [0.05, 0.1) is 12.2 Å². The number of alkyl halides is 1. The van der Waals surface area contributed by atoms with E-state index in [4.69, 9.17) is 9.47 Å². The van der Waals surface area contributed by atoms with Gasteiger partial charge in [-0.15, -0.1) is 0 Å². The molecule has 5 rings (SSSR count). The SMILES string of the molecule is CC1=C(c2ccc(F)cc2)[C@H](c2ccc(OCCN3CC(CF)C3)cc2)Oc2cc(C#N)c(O)cc21. The van der Waals surface area contributed by atoms with Crippen molar-refractivity contribution in [1.29, 1.82) is 5.26 Å². The van der Waals surface area contributed by atoms with Crippen molar-refractivity contribution in [3.63, 3.8) is 0 Å². The van der Waals surface area contributed by atoms with Gasteiger partial charge in [-0.25, -0.2) is 4.39 Å². The normalized spacial score (nSPS) is 17.7. The number of halogens is 2. The Kier molecular flexibility index (Phi) is 6.62. The monoisotopic (exact) mass is 488 g/mol. The maximum absolute atomic E-state index is 13.7. The van der Waals surface area contributed by atoms with Crippen LogP contribution in [0, 0.1) is 23.1 Å². The second-order valence-electron chi connectivity index (χ2n) is 9.22. The zero-order valence-corrected chi connectivity index (χ0v) is 19.9. The molecule has 5 nitrogen and oxygen atoms in total. The molecule has 1 atom stereocenters. The Hall–Kier alpha value is -3.89. The fraction of sp³-hybridized carbons (Fsp3) is 0.276. The molecular weight excluding hydrogens is 462 g/mol. The molecule has 2 heterocycles. The van der Waals surface area contributed by atoms with Crippen LogP contribution in [-0.2, 0) is 0 Å². The van der Waals surface area contributed by atoms with Gasteiger partial charge in [0, 0.05) is 42.8 Å². The van der Waals surface area contributed by atoms with E-state index in [1.807, 2.05) is 37.3 Å². The topological polar surface area (TPSA) is 65.7 Å². The Morgan fingerprint density at radius 1 is 1.11 bits per heavy atom. The lowest BCUT2D eigenvalue weighted by molar-refractivity contribution is 0.0668. The van der Waals surface area contributed by atoms with Gasteiger partial charge in [-0.3, -0.25) is 9.29 Å². The first-order valence-corrected chi connectivity index (χ1v) is 11.9. The fourth-order valence-corrected chi connectivity index (χ4v) is 4.80. The van der Waals surface area contributed by atoms with E-state index in [2.05, 4.69) is 4.90 Å². The number of aromatic hydroxyl groups is 1. The summed E-state index contributed by atoms with van der Waals surface area (Å²) in [6.45, 7) is 4.50. The molecule has 36 heavy (non-hydrogen) atoms. The van der Waals surface area contributed by atoms with Gasteiger partial charge in [0.1, 0.15) is 41.8 Å². The summed E-state index contributed by atoms with van der Waals surface area (Å²) >= 11 is 0. The molecule has 1 fully saturated rings. The first kappa shape index (κ1) is 23.8. The first-order chi connectivity index (χ1) is 17.5. The van der Waals surface area contributed by atoms with E-state index in [0.717, 1.165) is 47.7 Å². The minimum atomic E-state index is -0.508. The van der Waals surface area contributed by atoms with Crippen LogP contribution >= 0.6 is 0 Å². The Labute approximate surface area is 208 Å². The van der Waals surface area contributed by atoms with E-state index >= 15 is 0 Å². The molecule has 0 radical (unpaired) electrons. The molecule has 0 amide bonds. The summed E-state index contributed by atoms with van der Waals surface area (Å²) in [5.74, 6) is 0.931. The summed E-state index contributed by atoms with van der Waals surface area (Å²) in [5, 5.41) is 19.6. The number of rotatable bonds is 7. The molecule has 0 unspecified atom stereocenters. The highest BCUT2D eigenvalue weighted by Crippen LogP contribution is 2.48. The number of ether oxygens (including phenoxy) is 2. The molecule has 3 aromatic carbocycles. The molecule has 1 N–H and O–H groups in total. The molecule has 2 aliphatic heterocycles. The van der Waals surface area contributed by atoms with E-state index in [1.165, 1.54) is 18.2 Å². The second-order valence-corrected chi connectivity index (χ2v) is 9.22. The van der Waals surface area contributed by atoms with Gasteiger partial charge in [0.15, 0.2) is 0 Å². The molecule has 2 aliphatic rings. The third-order valence-electron chi connectivity index (χ3n) is 6.80. The van der Waals surface area contributed by atoms with Crippen molar-refractivity contribution in [2.75, 3.05) is 32.9 Å².